The van der Waals surface area contributed by atoms with Crippen molar-refractivity contribution in [1.29, 1.82) is 0 Å². The van der Waals surface area contributed by atoms with E-state index in [0.29, 0.717) is 18.8 Å². The molecule has 0 fully saturated rings. The molecule has 0 bridgehead atoms. The first-order chi connectivity index (χ1) is 15.9. The van der Waals surface area contributed by atoms with Crippen molar-refractivity contribution >= 4 is 22.4 Å². The van der Waals surface area contributed by atoms with Crippen LogP contribution in [0, 0.1) is 0 Å². The summed E-state index contributed by atoms with van der Waals surface area (Å²) in [6.07, 6.45) is 1.14. The zero-order valence-electron chi connectivity index (χ0n) is 19.2. The first-order valence-corrected chi connectivity index (χ1v) is 11.8. The quantitative estimate of drug-likeness (QED) is 0.377. The lowest BCUT2D eigenvalue weighted by molar-refractivity contribution is 0.0885. The van der Waals surface area contributed by atoms with Crippen LogP contribution in [0.15, 0.2) is 48.5 Å². The second kappa shape index (κ2) is 9.58. The number of nitrogens with zero attached hydrogens (tertiary/aromatic N) is 6. The molecule has 4 aromatic rings. The first-order valence-electron chi connectivity index (χ1n) is 10.9. The average Bonchev–Trinajstić information content (AvgIpc) is 3.48. The molecule has 8 nitrogen and oxygen atoms in total. The van der Waals surface area contributed by atoms with Gasteiger partial charge in [0.1, 0.15) is 5.01 Å². The molecule has 0 saturated heterocycles. The van der Waals surface area contributed by atoms with Gasteiger partial charge in [-0.3, -0.25) is 4.79 Å². The molecule has 0 aliphatic heterocycles. The number of rotatable bonds is 7. The van der Waals surface area contributed by atoms with Gasteiger partial charge in [-0.05, 0) is 33.5 Å². The Morgan fingerprint density at radius 2 is 1.73 bits per heavy atom. The Labute approximate surface area is 197 Å². The van der Waals surface area contributed by atoms with Crippen LogP contribution in [0.5, 0.6) is 0 Å². The maximum absolute atomic E-state index is 12.4. The number of hydrogen-bond donors (Lipinski definition) is 1. The topological polar surface area (TPSA) is 98.5 Å². The highest BCUT2D eigenvalue weighted by Crippen LogP contribution is 2.31. The second-order valence-corrected chi connectivity index (χ2v) is 9.79. The Kier molecular flexibility index (Phi) is 6.60. The zero-order valence-corrected chi connectivity index (χ0v) is 20.1. The van der Waals surface area contributed by atoms with Gasteiger partial charge in [-0.2, -0.15) is 4.68 Å². The highest BCUT2D eigenvalue weighted by Gasteiger charge is 2.20. The van der Waals surface area contributed by atoms with Gasteiger partial charge < -0.3 is 5.32 Å². The predicted molar refractivity (Wildman–Crippen MR) is 130 cm³/mol. The Bertz CT molecular complexity index is 1240. The summed E-state index contributed by atoms with van der Waals surface area (Å²) in [5.41, 5.74) is 3.94. The standard InChI is InChI=1S/C24H27N7OS/c1-5-8-20(32)31-21(26-29-30-31)19-10-7-6-9-18(19)17-13-11-16(12-14-17)15-25-23-28-27-22(33-23)24(2,3)4/h6-7,9-14H,5,8,15H2,1-4H3,(H,25,28). The fourth-order valence-electron chi connectivity index (χ4n) is 3.35. The Balaban J connectivity index is 1.53. The molecule has 0 atom stereocenters. The summed E-state index contributed by atoms with van der Waals surface area (Å²) in [6.45, 7) is 9.01. The SMILES string of the molecule is CCCC(=O)n1nnnc1-c1ccccc1-c1ccc(CNc2nnc(C(C)(C)C)s2)cc1. The fraction of sp³-hybridized carbons (Fsp3) is 0.333. The van der Waals surface area contributed by atoms with Crippen molar-refractivity contribution in [2.45, 2.75) is 52.5 Å². The van der Waals surface area contributed by atoms with Gasteiger partial charge in [0.15, 0.2) is 5.82 Å². The molecule has 0 unspecified atom stereocenters. The van der Waals surface area contributed by atoms with Crippen LogP contribution in [0.25, 0.3) is 22.5 Å². The van der Waals surface area contributed by atoms with Crippen LogP contribution >= 0.6 is 11.3 Å². The van der Waals surface area contributed by atoms with Gasteiger partial charge in [-0.25, -0.2) is 0 Å². The molecule has 170 valence electrons. The Hall–Kier alpha value is -3.46. The van der Waals surface area contributed by atoms with E-state index in [1.165, 1.54) is 4.68 Å². The molecule has 9 heteroatoms. The van der Waals surface area contributed by atoms with Crippen molar-refractivity contribution in [3.8, 4) is 22.5 Å². The van der Waals surface area contributed by atoms with E-state index in [9.17, 15) is 4.79 Å². The van der Waals surface area contributed by atoms with Crippen LogP contribution < -0.4 is 5.32 Å². The van der Waals surface area contributed by atoms with E-state index in [2.05, 4.69) is 76.1 Å². The summed E-state index contributed by atoms with van der Waals surface area (Å²) in [7, 11) is 0. The van der Waals surface area contributed by atoms with E-state index in [1.54, 1.807) is 11.3 Å². The highest BCUT2D eigenvalue weighted by molar-refractivity contribution is 7.15. The zero-order chi connectivity index (χ0) is 23.4. The summed E-state index contributed by atoms with van der Waals surface area (Å²) in [5.74, 6) is 0.348. The summed E-state index contributed by atoms with van der Waals surface area (Å²) >= 11 is 1.58. The summed E-state index contributed by atoms with van der Waals surface area (Å²) < 4.78 is 1.30. The molecule has 33 heavy (non-hydrogen) atoms. The van der Waals surface area contributed by atoms with Crippen molar-refractivity contribution in [3.05, 3.63) is 59.1 Å². The Morgan fingerprint density at radius 1 is 1.00 bits per heavy atom. The van der Waals surface area contributed by atoms with Crippen LogP contribution in [0.3, 0.4) is 0 Å². The lowest BCUT2D eigenvalue weighted by Gasteiger charge is -2.12. The van der Waals surface area contributed by atoms with Gasteiger partial charge in [0.25, 0.3) is 0 Å². The lowest BCUT2D eigenvalue weighted by Crippen LogP contribution is -2.13. The summed E-state index contributed by atoms with van der Waals surface area (Å²) in [6, 6.07) is 16.1. The smallest absolute Gasteiger partial charge is 0.250 e. The number of tetrazole rings is 1. The molecule has 1 N–H and O–H groups in total. The van der Waals surface area contributed by atoms with Gasteiger partial charge in [-0.15, -0.1) is 15.3 Å². The van der Waals surface area contributed by atoms with Gasteiger partial charge in [0.2, 0.25) is 11.0 Å². The maximum Gasteiger partial charge on any atom is 0.250 e. The molecule has 2 heterocycles. The van der Waals surface area contributed by atoms with Gasteiger partial charge in [-0.1, -0.05) is 87.6 Å². The minimum Gasteiger partial charge on any atom is -0.356 e. The van der Waals surface area contributed by atoms with Crippen molar-refractivity contribution in [1.82, 2.24) is 30.4 Å². The van der Waals surface area contributed by atoms with Crippen molar-refractivity contribution in [2.75, 3.05) is 5.32 Å². The average molecular weight is 462 g/mol. The summed E-state index contributed by atoms with van der Waals surface area (Å²) in [4.78, 5) is 12.4. The number of benzene rings is 2. The second-order valence-electron chi connectivity index (χ2n) is 8.82. The van der Waals surface area contributed by atoms with E-state index in [0.717, 1.165) is 38.8 Å². The normalized spacial score (nSPS) is 11.5. The highest BCUT2D eigenvalue weighted by atomic mass is 32.1. The van der Waals surface area contributed by atoms with Gasteiger partial charge in [0, 0.05) is 23.9 Å². The molecule has 0 aliphatic rings. The molecule has 2 aromatic heterocycles. The molecular weight excluding hydrogens is 434 g/mol. The number of carbonyl (C=O) groups is 1. The molecular formula is C24H27N7OS. The first kappa shape index (κ1) is 22.7. The van der Waals surface area contributed by atoms with E-state index in [-0.39, 0.29) is 11.3 Å². The lowest BCUT2D eigenvalue weighted by atomic mass is 9.98. The van der Waals surface area contributed by atoms with Crippen LogP contribution in [0.1, 0.15) is 55.9 Å². The number of anilines is 1. The molecule has 4 rings (SSSR count). The molecule has 0 amide bonds. The van der Waals surface area contributed by atoms with Crippen LogP contribution in [0.4, 0.5) is 5.13 Å². The Morgan fingerprint density at radius 3 is 2.39 bits per heavy atom. The van der Waals surface area contributed by atoms with Gasteiger partial charge in [0.05, 0.1) is 0 Å². The van der Waals surface area contributed by atoms with Crippen molar-refractivity contribution in [3.63, 3.8) is 0 Å². The third kappa shape index (κ3) is 5.14. The number of hydrogen-bond acceptors (Lipinski definition) is 8. The monoisotopic (exact) mass is 461 g/mol. The van der Waals surface area contributed by atoms with Gasteiger partial charge >= 0.3 is 0 Å². The summed E-state index contributed by atoms with van der Waals surface area (Å²) in [5, 5.41) is 25.5. The third-order valence-electron chi connectivity index (χ3n) is 5.11. The van der Waals surface area contributed by atoms with Crippen molar-refractivity contribution < 1.29 is 4.79 Å². The molecule has 0 spiro atoms. The van der Waals surface area contributed by atoms with Crippen LogP contribution in [0.2, 0.25) is 0 Å². The van der Waals surface area contributed by atoms with Crippen molar-refractivity contribution in [2.24, 2.45) is 0 Å². The molecule has 0 saturated carbocycles. The number of carbonyl (C=O) groups excluding carboxylic acids is 1. The van der Waals surface area contributed by atoms with Crippen LogP contribution in [-0.4, -0.2) is 36.3 Å². The minimum absolute atomic E-state index is 0.00641. The third-order valence-corrected chi connectivity index (χ3v) is 6.42. The largest absolute Gasteiger partial charge is 0.356 e. The molecule has 2 aromatic carbocycles. The van der Waals surface area contributed by atoms with E-state index in [1.807, 2.05) is 31.2 Å². The molecule has 0 radical (unpaired) electrons. The van der Waals surface area contributed by atoms with E-state index >= 15 is 0 Å². The minimum atomic E-state index is -0.111. The predicted octanol–water partition coefficient (Wildman–Crippen LogP) is 5.21. The van der Waals surface area contributed by atoms with E-state index in [4.69, 9.17) is 0 Å². The number of aromatic nitrogens is 6. The van der Waals surface area contributed by atoms with E-state index < -0.39 is 0 Å². The fourth-order valence-corrected chi connectivity index (χ4v) is 4.15. The maximum atomic E-state index is 12.4. The molecule has 0 aliphatic carbocycles. The number of nitrogens with one attached hydrogen (secondary N) is 1. The van der Waals surface area contributed by atoms with Crippen LogP contribution in [-0.2, 0) is 12.0 Å².